The summed E-state index contributed by atoms with van der Waals surface area (Å²) in [5.74, 6) is 0.264. The second-order valence-electron chi connectivity index (χ2n) is 4.97. The number of hydrogen-bond acceptors (Lipinski definition) is 4. The molecule has 2 rings (SSSR count). The van der Waals surface area contributed by atoms with Crippen LogP contribution in [0.2, 0.25) is 0 Å². The van der Waals surface area contributed by atoms with Crippen molar-refractivity contribution in [2.75, 3.05) is 18.1 Å². The van der Waals surface area contributed by atoms with Gasteiger partial charge >= 0.3 is 0 Å². The summed E-state index contributed by atoms with van der Waals surface area (Å²) in [5.41, 5.74) is 1.34. The zero-order valence-corrected chi connectivity index (χ0v) is 13.1. The van der Waals surface area contributed by atoms with Gasteiger partial charge in [-0.05, 0) is 38.1 Å². The van der Waals surface area contributed by atoms with Crippen molar-refractivity contribution >= 4 is 17.3 Å². The third-order valence-corrected chi connectivity index (χ3v) is 3.41. The predicted octanol–water partition coefficient (Wildman–Crippen LogP) is 3.34. The molecule has 0 fully saturated rings. The number of nitrogens with zero attached hydrogens (tertiary/aromatic N) is 2. The van der Waals surface area contributed by atoms with Gasteiger partial charge in [0.25, 0.3) is 11.6 Å². The standard InChI is InChI=1S/C17H18N2O4/c1-3-18(14-7-5-4-6-8-14)17(20)12-23-15-9-10-16(19(21)22)13(2)11-15/h4-11H,3,12H2,1-2H3. The van der Waals surface area contributed by atoms with Gasteiger partial charge in [-0.1, -0.05) is 18.2 Å². The van der Waals surface area contributed by atoms with Crippen LogP contribution in [0.4, 0.5) is 11.4 Å². The molecule has 0 saturated carbocycles. The van der Waals surface area contributed by atoms with Crippen LogP contribution in [0.25, 0.3) is 0 Å². The molecule has 0 aliphatic heterocycles. The molecule has 0 heterocycles. The highest BCUT2D eigenvalue weighted by Gasteiger charge is 2.15. The number of para-hydroxylation sites is 1. The summed E-state index contributed by atoms with van der Waals surface area (Å²) in [6, 6.07) is 13.8. The molecule has 0 atom stereocenters. The fourth-order valence-corrected chi connectivity index (χ4v) is 2.26. The van der Waals surface area contributed by atoms with Crippen molar-refractivity contribution in [2.24, 2.45) is 0 Å². The summed E-state index contributed by atoms with van der Waals surface area (Å²) in [6.45, 7) is 3.93. The van der Waals surface area contributed by atoms with Crippen molar-refractivity contribution in [3.8, 4) is 5.75 Å². The average Bonchev–Trinajstić information content (AvgIpc) is 2.54. The lowest BCUT2D eigenvalue weighted by molar-refractivity contribution is -0.385. The van der Waals surface area contributed by atoms with E-state index in [1.54, 1.807) is 17.9 Å². The highest BCUT2D eigenvalue weighted by Crippen LogP contribution is 2.23. The van der Waals surface area contributed by atoms with Gasteiger partial charge < -0.3 is 9.64 Å². The molecule has 120 valence electrons. The minimum Gasteiger partial charge on any atom is -0.484 e. The van der Waals surface area contributed by atoms with Crippen molar-refractivity contribution in [2.45, 2.75) is 13.8 Å². The van der Waals surface area contributed by atoms with Crippen LogP contribution in [0.5, 0.6) is 5.75 Å². The van der Waals surface area contributed by atoms with Crippen LogP contribution in [0.15, 0.2) is 48.5 Å². The van der Waals surface area contributed by atoms with Crippen molar-refractivity contribution in [3.05, 3.63) is 64.2 Å². The van der Waals surface area contributed by atoms with E-state index in [0.717, 1.165) is 5.69 Å². The Labute approximate surface area is 134 Å². The maximum absolute atomic E-state index is 12.3. The number of carbonyl (C=O) groups excluding carboxylic acids is 1. The molecule has 23 heavy (non-hydrogen) atoms. The molecule has 0 N–H and O–H groups in total. The predicted molar refractivity (Wildman–Crippen MR) is 87.8 cm³/mol. The minimum absolute atomic E-state index is 0.0307. The van der Waals surface area contributed by atoms with Crippen LogP contribution < -0.4 is 9.64 Å². The molecule has 0 spiro atoms. The maximum Gasteiger partial charge on any atom is 0.272 e. The Kier molecular flexibility index (Phi) is 5.30. The van der Waals surface area contributed by atoms with Crippen LogP contribution in [-0.2, 0) is 4.79 Å². The highest BCUT2D eigenvalue weighted by atomic mass is 16.6. The van der Waals surface area contributed by atoms with Crippen molar-refractivity contribution in [1.29, 1.82) is 0 Å². The first-order chi connectivity index (χ1) is 11.0. The van der Waals surface area contributed by atoms with E-state index in [1.807, 2.05) is 37.3 Å². The number of amides is 1. The summed E-state index contributed by atoms with van der Waals surface area (Å²) in [7, 11) is 0. The lowest BCUT2D eigenvalue weighted by Gasteiger charge is -2.21. The van der Waals surface area contributed by atoms with Crippen LogP contribution >= 0.6 is 0 Å². The molecular weight excluding hydrogens is 296 g/mol. The fourth-order valence-electron chi connectivity index (χ4n) is 2.26. The number of likely N-dealkylation sites (N-methyl/N-ethyl adjacent to an activating group) is 1. The fraction of sp³-hybridized carbons (Fsp3) is 0.235. The number of nitro benzene ring substituents is 1. The van der Waals surface area contributed by atoms with Crippen LogP contribution in [0.3, 0.4) is 0 Å². The molecule has 0 unspecified atom stereocenters. The number of nitro groups is 1. The van der Waals surface area contributed by atoms with E-state index in [-0.39, 0.29) is 18.2 Å². The lowest BCUT2D eigenvalue weighted by atomic mass is 10.2. The number of rotatable bonds is 6. The minimum atomic E-state index is -0.446. The summed E-state index contributed by atoms with van der Waals surface area (Å²) in [4.78, 5) is 24.3. The molecule has 0 aliphatic carbocycles. The summed E-state index contributed by atoms with van der Waals surface area (Å²) >= 11 is 0. The molecule has 2 aromatic rings. The monoisotopic (exact) mass is 314 g/mol. The van der Waals surface area contributed by atoms with E-state index in [0.29, 0.717) is 17.9 Å². The second-order valence-corrected chi connectivity index (χ2v) is 4.97. The third kappa shape index (κ3) is 4.06. The van der Waals surface area contributed by atoms with Crippen LogP contribution in [0, 0.1) is 17.0 Å². The molecule has 6 nitrogen and oxygen atoms in total. The van der Waals surface area contributed by atoms with Gasteiger partial charge in [0, 0.05) is 23.9 Å². The molecule has 6 heteroatoms. The van der Waals surface area contributed by atoms with Gasteiger partial charge in [-0.3, -0.25) is 14.9 Å². The van der Waals surface area contributed by atoms with Crippen LogP contribution in [-0.4, -0.2) is 24.0 Å². The first-order valence-corrected chi connectivity index (χ1v) is 7.26. The molecular formula is C17H18N2O4. The van der Waals surface area contributed by atoms with Gasteiger partial charge in [0.15, 0.2) is 6.61 Å². The third-order valence-electron chi connectivity index (χ3n) is 3.41. The molecule has 2 aromatic carbocycles. The van der Waals surface area contributed by atoms with Gasteiger partial charge in [0.05, 0.1) is 4.92 Å². The van der Waals surface area contributed by atoms with E-state index >= 15 is 0 Å². The topological polar surface area (TPSA) is 72.7 Å². The first-order valence-electron chi connectivity index (χ1n) is 7.26. The number of carbonyl (C=O) groups is 1. The zero-order chi connectivity index (χ0) is 16.8. The zero-order valence-electron chi connectivity index (χ0n) is 13.1. The SMILES string of the molecule is CCN(C(=O)COc1ccc([N+](=O)[O-])c(C)c1)c1ccccc1. The van der Waals surface area contributed by atoms with E-state index < -0.39 is 4.92 Å². The van der Waals surface area contributed by atoms with Crippen molar-refractivity contribution in [3.63, 3.8) is 0 Å². The number of hydrogen-bond donors (Lipinski definition) is 0. The maximum atomic E-state index is 12.3. The largest absolute Gasteiger partial charge is 0.484 e. The molecule has 0 radical (unpaired) electrons. The number of ether oxygens (including phenoxy) is 1. The Hall–Kier alpha value is -2.89. The number of anilines is 1. The molecule has 0 aromatic heterocycles. The van der Waals surface area contributed by atoms with E-state index in [2.05, 4.69) is 0 Å². The Morgan fingerprint density at radius 1 is 1.22 bits per heavy atom. The quantitative estimate of drug-likeness (QED) is 0.605. The van der Waals surface area contributed by atoms with Gasteiger partial charge in [-0.2, -0.15) is 0 Å². The second kappa shape index (κ2) is 7.40. The first kappa shape index (κ1) is 16.5. The van der Waals surface area contributed by atoms with Crippen LogP contribution in [0.1, 0.15) is 12.5 Å². The molecule has 0 saturated heterocycles. The van der Waals surface area contributed by atoms with E-state index in [4.69, 9.17) is 4.74 Å². The average molecular weight is 314 g/mol. The Morgan fingerprint density at radius 2 is 1.91 bits per heavy atom. The van der Waals surface area contributed by atoms with Crippen molar-refractivity contribution in [1.82, 2.24) is 0 Å². The Balaban J connectivity index is 2.04. The lowest BCUT2D eigenvalue weighted by Crippen LogP contribution is -2.34. The summed E-state index contributed by atoms with van der Waals surface area (Å²) in [6.07, 6.45) is 0. The Bertz CT molecular complexity index is 701. The van der Waals surface area contributed by atoms with Gasteiger partial charge in [0.2, 0.25) is 0 Å². The molecule has 0 bridgehead atoms. The van der Waals surface area contributed by atoms with Gasteiger partial charge in [-0.15, -0.1) is 0 Å². The van der Waals surface area contributed by atoms with E-state index in [9.17, 15) is 14.9 Å². The van der Waals surface area contributed by atoms with Crippen molar-refractivity contribution < 1.29 is 14.5 Å². The molecule has 0 aliphatic rings. The van der Waals surface area contributed by atoms with Gasteiger partial charge in [0.1, 0.15) is 5.75 Å². The van der Waals surface area contributed by atoms with E-state index in [1.165, 1.54) is 12.1 Å². The molecule has 1 amide bonds. The Morgan fingerprint density at radius 3 is 2.48 bits per heavy atom. The normalized spacial score (nSPS) is 10.2. The van der Waals surface area contributed by atoms with Gasteiger partial charge in [-0.25, -0.2) is 0 Å². The number of aryl methyl sites for hydroxylation is 1. The number of benzene rings is 2. The summed E-state index contributed by atoms with van der Waals surface area (Å²) in [5, 5.41) is 10.8. The smallest absolute Gasteiger partial charge is 0.272 e. The summed E-state index contributed by atoms with van der Waals surface area (Å²) < 4.78 is 5.47. The highest BCUT2D eigenvalue weighted by molar-refractivity contribution is 5.94.